The average molecular weight is 274 g/mol. The summed E-state index contributed by atoms with van der Waals surface area (Å²) in [7, 11) is 0. The molecule has 20 heavy (non-hydrogen) atoms. The van der Waals surface area contributed by atoms with Crippen molar-refractivity contribution >= 4 is 11.8 Å². The lowest BCUT2D eigenvalue weighted by Crippen LogP contribution is -2.49. The topological polar surface area (TPSA) is 98.9 Å². The molecule has 1 fully saturated rings. The Labute approximate surface area is 117 Å². The first-order chi connectivity index (χ1) is 9.61. The minimum atomic E-state index is -1.03. The smallest absolute Gasteiger partial charge is 0.329 e. The molecule has 6 heteroatoms. The Morgan fingerprint density at radius 3 is 2.70 bits per heavy atom. The van der Waals surface area contributed by atoms with Crippen molar-refractivity contribution in [3.63, 3.8) is 0 Å². The third-order valence-corrected chi connectivity index (χ3v) is 4.11. The molecule has 0 amide bonds. The molecule has 2 rings (SSSR count). The highest BCUT2D eigenvalue weighted by molar-refractivity contribution is 5.83. The number of hydrogen-bond acceptors (Lipinski definition) is 5. The van der Waals surface area contributed by atoms with Gasteiger partial charge >= 0.3 is 5.97 Å². The fourth-order valence-electron chi connectivity index (χ4n) is 2.71. The Balaban J connectivity index is 2.23. The molecule has 0 aromatic carbocycles. The van der Waals surface area contributed by atoms with E-state index in [0.29, 0.717) is 18.8 Å². The summed E-state index contributed by atoms with van der Waals surface area (Å²) in [4.78, 5) is 19.6. The third-order valence-electron chi connectivity index (χ3n) is 4.11. The molecule has 1 aromatic rings. The lowest BCUT2D eigenvalue weighted by molar-refractivity contribution is -0.143. The lowest BCUT2D eigenvalue weighted by Gasteiger charge is -2.37. The number of nitriles is 1. The first kappa shape index (κ1) is 14.3. The number of carboxylic acid groups (broad SMARTS) is 1. The Kier molecular flexibility index (Phi) is 4.18. The molecule has 1 aliphatic rings. The maximum absolute atomic E-state index is 11.7. The van der Waals surface area contributed by atoms with Crippen LogP contribution >= 0.6 is 0 Å². The summed E-state index contributed by atoms with van der Waals surface area (Å²) in [5, 5.41) is 21.6. The van der Waals surface area contributed by atoms with E-state index in [4.69, 9.17) is 5.26 Å². The van der Waals surface area contributed by atoms with Crippen molar-refractivity contribution in [2.45, 2.75) is 44.6 Å². The van der Waals surface area contributed by atoms with Gasteiger partial charge in [-0.3, -0.25) is 0 Å². The molecule has 0 unspecified atom stereocenters. The van der Waals surface area contributed by atoms with E-state index in [2.05, 4.69) is 22.2 Å². The number of aliphatic carboxylic acids is 1. The van der Waals surface area contributed by atoms with E-state index in [1.165, 1.54) is 12.4 Å². The highest BCUT2D eigenvalue weighted by Crippen LogP contribution is 2.36. The van der Waals surface area contributed by atoms with Crippen LogP contribution in [0.15, 0.2) is 12.4 Å². The van der Waals surface area contributed by atoms with Gasteiger partial charge < -0.3 is 10.4 Å². The normalized spacial score (nSPS) is 25.7. The minimum absolute atomic E-state index is 0.130. The molecule has 6 nitrogen and oxygen atoms in total. The molecule has 1 saturated carbocycles. The molecule has 0 radical (unpaired) electrons. The van der Waals surface area contributed by atoms with Gasteiger partial charge in [-0.05, 0) is 31.6 Å². The molecule has 1 aromatic heterocycles. The zero-order valence-corrected chi connectivity index (χ0v) is 11.5. The van der Waals surface area contributed by atoms with E-state index < -0.39 is 11.5 Å². The summed E-state index contributed by atoms with van der Waals surface area (Å²) in [5.41, 5.74) is -0.904. The van der Waals surface area contributed by atoms with Crippen LogP contribution in [0.25, 0.3) is 0 Å². The Morgan fingerprint density at radius 1 is 1.50 bits per heavy atom. The van der Waals surface area contributed by atoms with Gasteiger partial charge in [0.25, 0.3) is 0 Å². The van der Waals surface area contributed by atoms with Gasteiger partial charge in [0, 0.05) is 12.4 Å². The number of hydrogen-bond donors (Lipinski definition) is 2. The third kappa shape index (κ3) is 2.72. The molecule has 1 heterocycles. The SMILES string of the molecule is CCC1CCC(Nc2nccnc2C#N)(C(=O)O)CC1. The number of carbonyl (C=O) groups is 1. The van der Waals surface area contributed by atoms with Crippen molar-refractivity contribution in [2.75, 3.05) is 5.32 Å². The van der Waals surface area contributed by atoms with E-state index in [1.807, 2.05) is 6.07 Å². The number of nitrogens with one attached hydrogen (secondary N) is 1. The highest BCUT2D eigenvalue weighted by Gasteiger charge is 2.42. The van der Waals surface area contributed by atoms with Crippen LogP contribution in [0, 0.1) is 17.2 Å². The van der Waals surface area contributed by atoms with Crippen molar-refractivity contribution in [2.24, 2.45) is 5.92 Å². The van der Waals surface area contributed by atoms with Gasteiger partial charge in [-0.15, -0.1) is 0 Å². The van der Waals surface area contributed by atoms with Crippen molar-refractivity contribution < 1.29 is 9.90 Å². The first-order valence-electron chi connectivity index (χ1n) is 6.84. The molecule has 0 atom stereocenters. The molecule has 0 saturated heterocycles. The molecule has 0 bridgehead atoms. The summed E-state index contributed by atoms with van der Waals surface area (Å²) in [6, 6.07) is 1.93. The van der Waals surface area contributed by atoms with Crippen LogP contribution in [0.5, 0.6) is 0 Å². The van der Waals surface area contributed by atoms with Crippen LogP contribution in [0.4, 0.5) is 5.82 Å². The lowest BCUT2D eigenvalue weighted by atomic mass is 9.75. The zero-order chi connectivity index (χ0) is 14.6. The summed E-state index contributed by atoms with van der Waals surface area (Å²) in [5.74, 6) is -0.0458. The van der Waals surface area contributed by atoms with E-state index >= 15 is 0 Å². The predicted octanol–water partition coefficient (Wildman–Crippen LogP) is 2.18. The van der Waals surface area contributed by atoms with Crippen LogP contribution in [0.3, 0.4) is 0 Å². The second-order valence-electron chi connectivity index (χ2n) is 5.23. The maximum atomic E-state index is 11.7. The summed E-state index contributed by atoms with van der Waals surface area (Å²) >= 11 is 0. The number of anilines is 1. The fourth-order valence-corrected chi connectivity index (χ4v) is 2.71. The van der Waals surface area contributed by atoms with Crippen molar-refractivity contribution in [1.82, 2.24) is 9.97 Å². The molecule has 0 spiro atoms. The Bertz CT molecular complexity index is 530. The standard InChI is InChI=1S/C14H18N4O2/c1-2-10-3-5-14(6-4-10,13(19)20)18-12-11(9-15)16-7-8-17-12/h7-8,10H,2-6H2,1H3,(H,17,18)(H,19,20). The Morgan fingerprint density at radius 2 is 2.15 bits per heavy atom. The highest BCUT2D eigenvalue weighted by atomic mass is 16.4. The van der Waals surface area contributed by atoms with Gasteiger partial charge in [0.1, 0.15) is 11.6 Å². The Hall–Kier alpha value is -2.16. The van der Waals surface area contributed by atoms with Crippen molar-refractivity contribution in [1.29, 1.82) is 5.26 Å². The minimum Gasteiger partial charge on any atom is -0.480 e. The maximum Gasteiger partial charge on any atom is 0.329 e. The van der Waals surface area contributed by atoms with Gasteiger partial charge in [-0.1, -0.05) is 13.3 Å². The molecular formula is C14H18N4O2. The second-order valence-corrected chi connectivity index (χ2v) is 5.23. The first-order valence-corrected chi connectivity index (χ1v) is 6.84. The number of aromatic nitrogens is 2. The molecule has 0 aliphatic heterocycles. The van der Waals surface area contributed by atoms with Crippen molar-refractivity contribution in [3.05, 3.63) is 18.1 Å². The number of carboxylic acids is 1. The van der Waals surface area contributed by atoms with Gasteiger partial charge in [0.2, 0.25) is 0 Å². The van der Waals surface area contributed by atoms with E-state index in [-0.39, 0.29) is 11.5 Å². The quantitative estimate of drug-likeness (QED) is 0.873. The van der Waals surface area contributed by atoms with Crippen LogP contribution in [-0.2, 0) is 4.79 Å². The van der Waals surface area contributed by atoms with E-state index in [1.54, 1.807) is 0 Å². The zero-order valence-electron chi connectivity index (χ0n) is 11.5. The van der Waals surface area contributed by atoms with Gasteiger partial charge in [-0.25, -0.2) is 14.8 Å². The monoisotopic (exact) mass is 274 g/mol. The molecule has 1 aliphatic carbocycles. The average Bonchev–Trinajstić information content (AvgIpc) is 2.48. The van der Waals surface area contributed by atoms with Gasteiger partial charge in [0.15, 0.2) is 11.5 Å². The fraction of sp³-hybridized carbons (Fsp3) is 0.571. The largest absolute Gasteiger partial charge is 0.480 e. The van der Waals surface area contributed by atoms with Crippen LogP contribution in [0.2, 0.25) is 0 Å². The van der Waals surface area contributed by atoms with Crippen molar-refractivity contribution in [3.8, 4) is 6.07 Å². The summed E-state index contributed by atoms with van der Waals surface area (Å²) in [6.07, 6.45) is 6.78. The molecular weight excluding hydrogens is 256 g/mol. The van der Waals surface area contributed by atoms with Crippen LogP contribution in [-0.4, -0.2) is 26.6 Å². The molecule has 2 N–H and O–H groups in total. The second kappa shape index (κ2) is 5.87. The van der Waals surface area contributed by atoms with E-state index in [9.17, 15) is 9.90 Å². The number of nitrogens with zero attached hydrogens (tertiary/aromatic N) is 3. The van der Waals surface area contributed by atoms with Gasteiger partial charge in [0.05, 0.1) is 0 Å². The van der Waals surface area contributed by atoms with Crippen LogP contribution < -0.4 is 5.32 Å². The summed E-state index contributed by atoms with van der Waals surface area (Å²) in [6.45, 7) is 2.13. The molecule has 106 valence electrons. The predicted molar refractivity (Wildman–Crippen MR) is 73.0 cm³/mol. The van der Waals surface area contributed by atoms with Gasteiger partial charge in [-0.2, -0.15) is 5.26 Å². The van der Waals surface area contributed by atoms with Crippen LogP contribution in [0.1, 0.15) is 44.7 Å². The van der Waals surface area contributed by atoms with E-state index in [0.717, 1.165) is 19.3 Å². The number of rotatable bonds is 4. The summed E-state index contributed by atoms with van der Waals surface area (Å²) < 4.78 is 0.